The highest BCUT2D eigenvalue weighted by molar-refractivity contribution is 8.16. The minimum absolute atomic E-state index is 0.115. The normalized spacial score (nSPS) is 17.8. The Morgan fingerprint density at radius 3 is 2.47 bits per heavy atom. The zero-order valence-electron chi connectivity index (χ0n) is 21.1. The molecule has 2 aliphatic heterocycles. The summed E-state index contributed by atoms with van der Waals surface area (Å²) in [5, 5.41) is 5.72. The predicted octanol–water partition coefficient (Wildman–Crippen LogP) is 5.49. The molecule has 1 N–H and O–H groups in total. The maximum Gasteiger partial charge on any atom is 0.338 e. The van der Waals surface area contributed by atoms with Gasteiger partial charge in [-0.3, -0.25) is 4.79 Å². The average molecular weight is 506 g/mol. The number of carbonyl (C=O) groups excluding carboxylic acids is 2. The van der Waals surface area contributed by atoms with E-state index in [0.717, 1.165) is 16.8 Å². The number of nitrogens with zero attached hydrogens (tertiary/aromatic N) is 2. The molecule has 0 saturated carbocycles. The Kier molecular flexibility index (Phi) is 7.84. The molecule has 2 unspecified atom stereocenters. The van der Waals surface area contributed by atoms with Crippen LogP contribution in [0.4, 0.5) is 0 Å². The van der Waals surface area contributed by atoms with Crippen LogP contribution in [-0.2, 0) is 14.3 Å². The molecule has 36 heavy (non-hydrogen) atoms. The van der Waals surface area contributed by atoms with Crippen LogP contribution in [0.3, 0.4) is 0 Å². The van der Waals surface area contributed by atoms with Crippen molar-refractivity contribution in [1.82, 2.24) is 10.2 Å². The zero-order valence-corrected chi connectivity index (χ0v) is 22.0. The minimum atomic E-state index is -0.541. The molecule has 0 bridgehead atoms. The summed E-state index contributed by atoms with van der Waals surface area (Å²) < 4.78 is 11.3. The molecule has 0 fully saturated rings. The third-order valence-corrected chi connectivity index (χ3v) is 6.90. The van der Waals surface area contributed by atoms with E-state index in [9.17, 15) is 9.59 Å². The van der Waals surface area contributed by atoms with Gasteiger partial charge >= 0.3 is 5.97 Å². The number of aliphatic imine (C=N–C) groups is 1. The summed E-state index contributed by atoms with van der Waals surface area (Å²) in [6, 6.07) is 16.7. The monoisotopic (exact) mass is 505 g/mol. The van der Waals surface area contributed by atoms with Gasteiger partial charge in [0.2, 0.25) is 5.91 Å². The summed E-state index contributed by atoms with van der Waals surface area (Å²) in [5.41, 5.74) is 3.62. The first-order valence-corrected chi connectivity index (χ1v) is 12.8. The lowest BCUT2D eigenvalue weighted by Gasteiger charge is -2.37. The van der Waals surface area contributed by atoms with E-state index in [0.29, 0.717) is 22.2 Å². The van der Waals surface area contributed by atoms with Crippen molar-refractivity contribution in [2.24, 2.45) is 4.99 Å². The molecule has 2 atom stereocenters. The van der Waals surface area contributed by atoms with E-state index >= 15 is 0 Å². The number of thioether (sulfide) groups is 1. The molecule has 0 saturated heterocycles. The first-order valence-electron chi connectivity index (χ1n) is 11.9. The van der Waals surface area contributed by atoms with Gasteiger partial charge in [-0.15, -0.1) is 0 Å². The predicted molar refractivity (Wildman–Crippen MR) is 142 cm³/mol. The van der Waals surface area contributed by atoms with Crippen LogP contribution < -0.4 is 10.1 Å². The number of nitrogens with one attached hydrogen (secondary N) is 1. The van der Waals surface area contributed by atoms with Gasteiger partial charge in [0.1, 0.15) is 5.75 Å². The van der Waals surface area contributed by atoms with Gasteiger partial charge in [0.15, 0.2) is 5.17 Å². The Balaban J connectivity index is 1.67. The number of benzene rings is 2. The Morgan fingerprint density at radius 1 is 1.08 bits per heavy atom. The smallest absolute Gasteiger partial charge is 0.338 e. The molecule has 8 heteroatoms. The SMILES string of the molecule is COc1ccccc1C1C(C(=O)OC(C)C)=C(C)N=C2SC=C(CC(=O)NC(C)c3ccccc3)N21. The van der Waals surface area contributed by atoms with Crippen LogP contribution in [0.25, 0.3) is 0 Å². The fourth-order valence-electron chi connectivity index (χ4n) is 4.38. The van der Waals surface area contributed by atoms with Gasteiger partial charge in [0.05, 0.1) is 43.0 Å². The number of esters is 1. The van der Waals surface area contributed by atoms with Gasteiger partial charge in [0, 0.05) is 11.3 Å². The standard InChI is InChI=1S/C28H31N3O4S/c1-17(2)35-27(33)25-19(4)30-28-31(26(25)22-13-9-10-14-23(22)34-5)21(16-36-28)15-24(32)29-18(3)20-11-7-6-8-12-20/h6-14,16-18,26H,15H2,1-5H3,(H,29,32). The summed E-state index contributed by atoms with van der Waals surface area (Å²) in [6.07, 6.45) is -0.143. The molecule has 0 radical (unpaired) electrons. The van der Waals surface area contributed by atoms with Crippen molar-refractivity contribution < 1.29 is 19.1 Å². The van der Waals surface area contributed by atoms with Crippen LogP contribution in [0.15, 0.2) is 82.0 Å². The van der Waals surface area contributed by atoms with Crippen molar-refractivity contribution in [2.75, 3.05) is 7.11 Å². The maximum atomic E-state index is 13.3. The molecule has 2 aromatic carbocycles. The number of hydrogen-bond donors (Lipinski definition) is 1. The van der Waals surface area contributed by atoms with Gasteiger partial charge < -0.3 is 19.7 Å². The fraction of sp³-hybridized carbons (Fsp3) is 0.321. The lowest BCUT2D eigenvalue weighted by Crippen LogP contribution is -2.38. The molecule has 4 rings (SSSR count). The van der Waals surface area contributed by atoms with Crippen molar-refractivity contribution in [3.8, 4) is 5.75 Å². The maximum absolute atomic E-state index is 13.3. The van der Waals surface area contributed by atoms with Gasteiger partial charge in [-0.05, 0) is 44.7 Å². The van der Waals surface area contributed by atoms with Crippen molar-refractivity contribution >= 4 is 28.8 Å². The first kappa shape index (κ1) is 25.6. The van der Waals surface area contributed by atoms with E-state index in [1.54, 1.807) is 7.11 Å². The van der Waals surface area contributed by atoms with Gasteiger partial charge in [-0.2, -0.15) is 0 Å². The topological polar surface area (TPSA) is 80.2 Å². The Bertz CT molecular complexity index is 1240. The second kappa shape index (κ2) is 11.0. The van der Waals surface area contributed by atoms with Gasteiger partial charge in [0.25, 0.3) is 0 Å². The van der Waals surface area contributed by atoms with Crippen molar-refractivity contribution in [3.63, 3.8) is 0 Å². The number of allylic oxidation sites excluding steroid dienone is 1. The largest absolute Gasteiger partial charge is 0.496 e. The summed E-state index contributed by atoms with van der Waals surface area (Å²) >= 11 is 1.44. The first-order chi connectivity index (χ1) is 17.3. The van der Waals surface area contributed by atoms with Crippen LogP contribution >= 0.6 is 11.8 Å². The van der Waals surface area contributed by atoms with E-state index in [-0.39, 0.29) is 24.5 Å². The highest BCUT2D eigenvalue weighted by atomic mass is 32.2. The number of carbonyl (C=O) groups is 2. The molecule has 2 aliphatic rings. The molecule has 2 aromatic rings. The van der Waals surface area contributed by atoms with E-state index in [4.69, 9.17) is 14.5 Å². The van der Waals surface area contributed by atoms with Crippen LogP contribution in [0.2, 0.25) is 0 Å². The summed E-state index contributed by atoms with van der Waals surface area (Å²) in [4.78, 5) is 33.1. The number of para-hydroxylation sites is 1. The molecule has 2 heterocycles. The zero-order chi connectivity index (χ0) is 25.8. The van der Waals surface area contributed by atoms with Crippen LogP contribution in [0, 0.1) is 0 Å². The van der Waals surface area contributed by atoms with Crippen molar-refractivity contribution in [2.45, 2.75) is 52.3 Å². The fourth-order valence-corrected chi connectivity index (χ4v) is 5.34. The van der Waals surface area contributed by atoms with Crippen LogP contribution in [-0.4, -0.2) is 35.2 Å². The number of amidine groups is 1. The number of hydrogen-bond acceptors (Lipinski definition) is 7. The van der Waals surface area contributed by atoms with Crippen LogP contribution in [0.5, 0.6) is 5.75 Å². The lowest BCUT2D eigenvalue weighted by atomic mass is 9.93. The number of amides is 1. The second-order valence-electron chi connectivity index (χ2n) is 8.97. The molecular formula is C28H31N3O4S. The highest BCUT2D eigenvalue weighted by Crippen LogP contribution is 2.47. The number of fused-ring (bicyclic) bond motifs is 1. The third kappa shape index (κ3) is 5.33. The quantitative estimate of drug-likeness (QED) is 0.478. The average Bonchev–Trinajstić information content (AvgIpc) is 3.24. The summed E-state index contributed by atoms with van der Waals surface area (Å²) in [5.74, 6) is 0.0974. The summed E-state index contributed by atoms with van der Waals surface area (Å²) in [6.45, 7) is 7.41. The van der Waals surface area contributed by atoms with E-state index in [2.05, 4.69) is 5.32 Å². The van der Waals surface area contributed by atoms with Crippen LogP contribution in [0.1, 0.15) is 57.3 Å². The molecule has 0 aliphatic carbocycles. The van der Waals surface area contributed by atoms with Gasteiger partial charge in [-0.25, -0.2) is 9.79 Å². The van der Waals surface area contributed by atoms with Crippen molar-refractivity contribution in [3.05, 3.63) is 88.1 Å². The van der Waals surface area contributed by atoms with E-state index in [1.165, 1.54) is 11.8 Å². The number of ether oxygens (including phenoxy) is 2. The van der Waals surface area contributed by atoms with Crippen molar-refractivity contribution in [1.29, 1.82) is 0 Å². The summed E-state index contributed by atoms with van der Waals surface area (Å²) in [7, 11) is 1.60. The van der Waals surface area contributed by atoms with Gasteiger partial charge in [-0.1, -0.05) is 60.3 Å². The minimum Gasteiger partial charge on any atom is -0.496 e. The van der Waals surface area contributed by atoms with E-state index < -0.39 is 12.0 Å². The lowest BCUT2D eigenvalue weighted by molar-refractivity contribution is -0.143. The van der Waals surface area contributed by atoms with E-state index in [1.807, 2.05) is 92.6 Å². The number of rotatable bonds is 8. The highest BCUT2D eigenvalue weighted by Gasteiger charge is 2.42. The molecule has 0 aromatic heterocycles. The molecule has 188 valence electrons. The Morgan fingerprint density at radius 2 is 1.78 bits per heavy atom. The third-order valence-electron chi connectivity index (χ3n) is 6.02. The molecular weight excluding hydrogens is 474 g/mol. The Labute approximate surface area is 216 Å². The molecule has 0 spiro atoms. The molecule has 7 nitrogen and oxygen atoms in total. The molecule has 1 amide bonds. The Hall–Kier alpha value is -3.52. The second-order valence-corrected chi connectivity index (χ2v) is 9.80. The number of methoxy groups -OCH3 is 1.